The van der Waals surface area contributed by atoms with Crippen molar-refractivity contribution in [1.29, 1.82) is 0 Å². The highest BCUT2D eigenvalue weighted by molar-refractivity contribution is 6.33. The molecule has 0 saturated carbocycles. The highest BCUT2D eigenvalue weighted by Crippen LogP contribution is 2.37. The maximum absolute atomic E-state index is 14.5. The van der Waals surface area contributed by atoms with E-state index >= 15 is 0 Å². The van der Waals surface area contributed by atoms with Crippen molar-refractivity contribution in [3.63, 3.8) is 0 Å². The van der Waals surface area contributed by atoms with Gasteiger partial charge in [0.25, 0.3) is 0 Å². The summed E-state index contributed by atoms with van der Waals surface area (Å²) in [6.45, 7) is 3.57. The zero-order valence-electron chi connectivity index (χ0n) is 14.6. The average molecular weight is 388 g/mol. The van der Waals surface area contributed by atoms with Crippen molar-refractivity contribution < 1.29 is 13.2 Å². The van der Waals surface area contributed by atoms with Crippen LogP contribution in [-0.2, 0) is 0 Å². The van der Waals surface area contributed by atoms with E-state index in [1.165, 1.54) is 5.01 Å². The van der Waals surface area contributed by atoms with E-state index in [0.29, 0.717) is 31.1 Å². The molecule has 1 atom stereocenters. The number of hydrogen-bond acceptors (Lipinski definition) is 5. The van der Waals surface area contributed by atoms with Crippen molar-refractivity contribution in [3.8, 4) is 0 Å². The van der Waals surface area contributed by atoms with Gasteiger partial charge in [-0.2, -0.15) is 0 Å². The van der Waals surface area contributed by atoms with Crippen LogP contribution in [0, 0.1) is 23.4 Å². The summed E-state index contributed by atoms with van der Waals surface area (Å²) in [6, 6.07) is 1.27. The third-order valence-corrected chi connectivity index (χ3v) is 5.15. The number of piperidine rings is 1. The molecule has 1 unspecified atom stereocenters. The Bertz CT molecular complexity index is 736. The SMILES string of the molecule is CNN1C(N)=NC(Cl)=C(c2c(F)cc(F)cc2F)C1N1CCC(C)CC1. The van der Waals surface area contributed by atoms with Crippen LogP contribution in [0.15, 0.2) is 22.3 Å². The fraction of sp³-hybridized carbons (Fsp3) is 0.471. The third kappa shape index (κ3) is 3.41. The number of likely N-dealkylation sites (tertiary alicyclic amines) is 1. The molecule has 2 aliphatic rings. The number of benzene rings is 1. The standard InChI is InChI=1S/C17H21ClF3N5/c1-9-3-5-25(6-4-9)16-14(15(18)24-17(22)26(16)23-2)13-11(20)7-10(19)8-12(13)21/h7-9,16,23H,3-6H2,1-2H3,(H2,22,24). The molecule has 0 amide bonds. The van der Waals surface area contributed by atoms with E-state index < -0.39 is 29.2 Å². The van der Waals surface area contributed by atoms with Crippen LogP contribution in [0.2, 0.25) is 0 Å². The van der Waals surface area contributed by atoms with Crippen LogP contribution in [-0.4, -0.2) is 42.2 Å². The Morgan fingerprint density at radius 2 is 1.77 bits per heavy atom. The van der Waals surface area contributed by atoms with Gasteiger partial charge >= 0.3 is 0 Å². The van der Waals surface area contributed by atoms with E-state index in [4.69, 9.17) is 17.3 Å². The molecule has 2 aliphatic heterocycles. The fourth-order valence-corrected chi connectivity index (χ4v) is 3.74. The lowest BCUT2D eigenvalue weighted by Crippen LogP contribution is -2.61. The minimum absolute atomic E-state index is 0.0906. The molecular weight excluding hydrogens is 367 g/mol. The quantitative estimate of drug-likeness (QED) is 0.783. The minimum atomic E-state index is -1.03. The van der Waals surface area contributed by atoms with Crippen molar-refractivity contribution in [2.24, 2.45) is 16.6 Å². The summed E-state index contributed by atoms with van der Waals surface area (Å²) >= 11 is 6.26. The van der Waals surface area contributed by atoms with Crippen LogP contribution in [0.25, 0.3) is 5.57 Å². The number of hydrogen-bond donors (Lipinski definition) is 2. The lowest BCUT2D eigenvalue weighted by Gasteiger charge is -2.45. The molecule has 26 heavy (non-hydrogen) atoms. The highest BCUT2D eigenvalue weighted by Gasteiger charge is 2.39. The lowest BCUT2D eigenvalue weighted by atomic mass is 9.95. The van der Waals surface area contributed by atoms with Gasteiger partial charge in [0.1, 0.15) is 28.8 Å². The summed E-state index contributed by atoms with van der Waals surface area (Å²) in [5.74, 6) is -2.40. The Balaban J connectivity index is 2.13. The topological polar surface area (TPSA) is 56.9 Å². The van der Waals surface area contributed by atoms with Crippen LogP contribution < -0.4 is 11.2 Å². The van der Waals surface area contributed by atoms with E-state index in [1.807, 2.05) is 4.90 Å². The molecule has 5 nitrogen and oxygen atoms in total. The van der Waals surface area contributed by atoms with Crippen LogP contribution >= 0.6 is 11.6 Å². The third-order valence-electron chi connectivity index (χ3n) is 4.87. The van der Waals surface area contributed by atoms with Crippen LogP contribution in [0.4, 0.5) is 13.2 Å². The predicted octanol–water partition coefficient (Wildman–Crippen LogP) is 2.83. The lowest BCUT2D eigenvalue weighted by molar-refractivity contribution is 0.0728. The summed E-state index contributed by atoms with van der Waals surface area (Å²) in [4.78, 5) is 6.05. The molecule has 9 heteroatoms. The minimum Gasteiger partial charge on any atom is -0.368 e. The zero-order valence-corrected chi connectivity index (χ0v) is 15.3. The van der Waals surface area contributed by atoms with Crippen molar-refractivity contribution in [2.75, 3.05) is 20.1 Å². The number of nitrogens with two attached hydrogens (primary N) is 1. The first-order valence-electron chi connectivity index (χ1n) is 8.43. The van der Waals surface area contributed by atoms with Gasteiger partial charge in [-0.15, -0.1) is 0 Å². The second kappa shape index (κ2) is 7.46. The van der Waals surface area contributed by atoms with E-state index in [1.54, 1.807) is 7.05 Å². The summed E-state index contributed by atoms with van der Waals surface area (Å²) in [7, 11) is 1.64. The summed E-state index contributed by atoms with van der Waals surface area (Å²) in [5.41, 5.74) is 8.61. The smallest absolute Gasteiger partial charge is 0.213 e. The molecule has 3 rings (SSSR count). The number of nitrogens with one attached hydrogen (secondary N) is 1. The van der Waals surface area contributed by atoms with Gasteiger partial charge in [-0.1, -0.05) is 18.5 Å². The van der Waals surface area contributed by atoms with E-state index in [0.717, 1.165) is 12.8 Å². The average Bonchev–Trinajstić information content (AvgIpc) is 2.56. The molecule has 1 saturated heterocycles. The number of aliphatic imine (C=N–C) groups is 1. The largest absolute Gasteiger partial charge is 0.368 e. The summed E-state index contributed by atoms with van der Waals surface area (Å²) in [5, 5.41) is 1.40. The monoisotopic (exact) mass is 387 g/mol. The Labute approximate surface area is 155 Å². The molecule has 1 aromatic carbocycles. The van der Waals surface area contributed by atoms with Gasteiger partial charge in [0.15, 0.2) is 0 Å². The van der Waals surface area contributed by atoms with Crippen molar-refractivity contribution >= 4 is 23.1 Å². The Hall–Kier alpha value is -1.77. The second-order valence-electron chi connectivity index (χ2n) is 6.60. The molecular formula is C17H21ClF3N5. The van der Waals surface area contributed by atoms with Gasteiger partial charge in [-0.05, 0) is 18.8 Å². The Kier molecular flexibility index (Phi) is 5.45. The molecule has 0 radical (unpaired) electrons. The van der Waals surface area contributed by atoms with Crippen LogP contribution in [0.3, 0.4) is 0 Å². The normalized spacial score (nSPS) is 22.8. The van der Waals surface area contributed by atoms with Gasteiger partial charge in [-0.3, -0.25) is 9.91 Å². The number of hydrazine groups is 1. The Morgan fingerprint density at radius 1 is 1.19 bits per heavy atom. The van der Waals surface area contributed by atoms with Crippen molar-refractivity contribution in [1.82, 2.24) is 15.3 Å². The fourth-order valence-electron chi connectivity index (χ4n) is 3.46. The van der Waals surface area contributed by atoms with Gasteiger partial charge in [-0.25, -0.2) is 23.6 Å². The Morgan fingerprint density at radius 3 is 2.31 bits per heavy atom. The van der Waals surface area contributed by atoms with E-state index in [-0.39, 0.29) is 16.7 Å². The van der Waals surface area contributed by atoms with Gasteiger partial charge in [0, 0.05) is 37.8 Å². The molecule has 1 fully saturated rings. The van der Waals surface area contributed by atoms with Crippen LogP contribution in [0.5, 0.6) is 0 Å². The van der Waals surface area contributed by atoms with Crippen LogP contribution in [0.1, 0.15) is 25.3 Å². The second-order valence-corrected chi connectivity index (χ2v) is 6.96. The maximum atomic E-state index is 14.5. The number of rotatable bonds is 3. The summed E-state index contributed by atoms with van der Waals surface area (Å²) < 4.78 is 42.3. The number of guanidine groups is 1. The van der Waals surface area contributed by atoms with Crippen molar-refractivity contribution in [3.05, 3.63) is 40.3 Å². The first-order chi connectivity index (χ1) is 12.3. The zero-order chi connectivity index (χ0) is 19.0. The predicted molar refractivity (Wildman–Crippen MR) is 95.4 cm³/mol. The molecule has 2 heterocycles. The summed E-state index contributed by atoms with van der Waals surface area (Å²) in [6.07, 6.45) is 1.21. The molecule has 142 valence electrons. The highest BCUT2D eigenvalue weighted by atomic mass is 35.5. The molecule has 0 aliphatic carbocycles. The van der Waals surface area contributed by atoms with Gasteiger partial charge in [0.05, 0.1) is 5.56 Å². The van der Waals surface area contributed by atoms with Gasteiger partial charge < -0.3 is 5.73 Å². The number of nitrogens with zero attached hydrogens (tertiary/aromatic N) is 3. The van der Waals surface area contributed by atoms with E-state index in [9.17, 15) is 13.2 Å². The van der Waals surface area contributed by atoms with Crippen molar-refractivity contribution in [2.45, 2.75) is 25.9 Å². The molecule has 3 N–H and O–H groups in total. The molecule has 0 aromatic heterocycles. The maximum Gasteiger partial charge on any atom is 0.213 e. The molecule has 0 spiro atoms. The molecule has 0 bridgehead atoms. The first kappa shape index (κ1) is 19.0. The number of halogens is 4. The first-order valence-corrected chi connectivity index (χ1v) is 8.80. The molecule has 1 aromatic rings. The van der Waals surface area contributed by atoms with Gasteiger partial charge in [0.2, 0.25) is 5.96 Å². The van der Waals surface area contributed by atoms with E-state index in [2.05, 4.69) is 17.3 Å².